The summed E-state index contributed by atoms with van der Waals surface area (Å²) in [4.78, 5) is 24.6. The third-order valence-corrected chi connectivity index (χ3v) is 2.41. The van der Waals surface area contributed by atoms with E-state index in [2.05, 4.69) is 20.3 Å². The van der Waals surface area contributed by atoms with Gasteiger partial charge in [-0.15, -0.1) is 0 Å². The summed E-state index contributed by atoms with van der Waals surface area (Å²) in [5, 5.41) is 11.3. The third-order valence-electron chi connectivity index (χ3n) is 2.41. The smallest absolute Gasteiger partial charge is 0.322 e. The van der Waals surface area contributed by atoms with E-state index in [-0.39, 0.29) is 6.54 Å². The van der Waals surface area contributed by atoms with Crippen LogP contribution in [0, 0.1) is 0 Å². The summed E-state index contributed by atoms with van der Waals surface area (Å²) in [6.45, 7) is -0.191. The molecule has 7 heteroatoms. The van der Waals surface area contributed by atoms with E-state index in [1.54, 1.807) is 17.2 Å². The second-order valence-electron chi connectivity index (χ2n) is 3.76. The molecule has 0 unspecified atom stereocenters. The van der Waals surface area contributed by atoms with Gasteiger partial charge in [0.2, 0.25) is 0 Å². The number of pyridine rings is 1. The van der Waals surface area contributed by atoms with Gasteiger partial charge in [-0.2, -0.15) is 0 Å². The predicted molar refractivity (Wildman–Crippen MR) is 70.5 cm³/mol. The summed E-state index contributed by atoms with van der Waals surface area (Å²) in [6.07, 6.45) is 3.07. The van der Waals surface area contributed by atoms with Crippen LogP contribution in [0.3, 0.4) is 0 Å². The van der Waals surface area contributed by atoms with E-state index in [4.69, 9.17) is 5.11 Å². The summed E-state index contributed by atoms with van der Waals surface area (Å²) < 4.78 is 0. The van der Waals surface area contributed by atoms with Crippen LogP contribution in [0.25, 0.3) is 0 Å². The predicted octanol–water partition coefficient (Wildman–Crippen LogP) is 1.14. The van der Waals surface area contributed by atoms with E-state index < -0.39 is 5.97 Å². The molecule has 2 rings (SSSR count). The molecule has 0 saturated carbocycles. The molecule has 98 valence electrons. The third kappa shape index (κ3) is 3.38. The van der Waals surface area contributed by atoms with E-state index in [1.807, 2.05) is 25.2 Å². The number of nitrogens with one attached hydrogen (secondary N) is 1. The van der Waals surface area contributed by atoms with E-state index in [0.717, 1.165) is 5.82 Å². The number of aliphatic carboxylic acids is 1. The second kappa shape index (κ2) is 5.76. The molecule has 2 aromatic heterocycles. The molecule has 0 aliphatic carbocycles. The first-order valence-corrected chi connectivity index (χ1v) is 5.59. The topological polar surface area (TPSA) is 91.2 Å². The van der Waals surface area contributed by atoms with Crippen molar-refractivity contribution in [2.45, 2.75) is 0 Å². The Bertz CT molecular complexity index is 561. The lowest BCUT2D eigenvalue weighted by Gasteiger charge is -2.17. The Hall–Kier alpha value is -2.70. The van der Waals surface area contributed by atoms with Crippen LogP contribution >= 0.6 is 0 Å². The molecule has 0 bridgehead atoms. The number of carbonyl (C=O) groups is 1. The molecule has 0 amide bonds. The van der Waals surface area contributed by atoms with E-state index in [0.29, 0.717) is 11.6 Å². The second-order valence-corrected chi connectivity index (χ2v) is 3.76. The molecule has 2 N–H and O–H groups in total. The number of anilines is 3. The normalized spacial score (nSPS) is 9.95. The number of carboxylic acid groups (broad SMARTS) is 1. The molecule has 0 aliphatic heterocycles. The zero-order valence-corrected chi connectivity index (χ0v) is 10.3. The van der Waals surface area contributed by atoms with E-state index in [9.17, 15) is 4.79 Å². The standard InChI is InChI=1S/C12H13N5O2/c1-17(10-4-2-3-5-13-10)11-6-9(15-8-16-11)14-7-12(18)19/h2-6,8H,7H2,1H3,(H,18,19)(H,14,15,16). The minimum absolute atomic E-state index is 0.191. The Balaban J connectivity index is 2.16. The summed E-state index contributed by atoms with van der Waals surface area (Å²) >= 11 is 0. The number of hydrogen-bond acceptors (Lipinski definition) is 6. The van der Waals surface area contributed by atoms with Crippen molar-refractivity contribution in [3.8, 4) is 0 Å². The van der Waals surface area contributed by atoms with Gasteiger partial charge in [0.05, 0.1) is 0 Å². The van der Waals surface area contributed by atoms with Crippen molar-refractivity contribution in [2.24, 2.45) is 0 Å². The molecule has 0 saturated heterocycles. The zero-order chi connectivity index (χ0) is 13.7. The minimum Gasteiger partial charge on any atom is -0.480 e. The van der Waals surface area contributed by atoms with Gasteiger partial charge in [-0.25, -0.2) is 15.0 Å². The lowest BCUT2D eigenvalue weighted by molar-refractivity contribution is -0.134. The van der Waals surface area contributed by atoms with Crippen molar-refractivity contribution in [1.82, 2.24) is 15.0 Å². The van der Waals surface area contributed by atoms with Crippen LogP contribution in [-0.2, 0) is 4.79 Å². The van der Waals surface area contributed by atoms with Crippen LogP contribution in [-0.4, -0.2) is 39.6 Å². The van der Waals surface area contributed by atoms with Gasteiger partial charge in [0.1, 0.15) is 30.3 Å². The van der Waals surface area contributed by atoms with Gasteiger partial charge in [-0.3, -0.25) is 4.79 Å². The molecular formula is C12H13N5O2. The maximum atomic E-state index is 10.5. The first-order chi connectivity index (χ1) is 9.16. The molecular weight excluding hydrogens is 246 g/mol. The van der Waals surface area contributed by atoms with Crippen molar-refractivity contribution in [1.29, 1.82) is 0 Å². The lowest BCUT2D eigenvalue weighted by Crippen LogP contribution is -2.16. The van der Waals surface area contributed by atoms with Gasteiger partial charge >= 0.3 is 5.97 Å². The highest BCUT2D eigenvalue weighted by atomic mass is 16.4. The Morgan fingerprint density at radius 2 is 2.16 bits per heavy atom. The van der Waals surface area contributed by atoms with Gasteiger partial charge in [0, 0.05) is 19.3 Å². The van der Waals surface area contributed by atoms with Crippen molar-refractivity contribution in [3.05, 3.63) is 36.8 Å². The zero-order valence-electron chi connectivity index (χ0n) is 10.3. The van der Waals surface area contributed by atoms with Gasteiger partial charge in [0.15, 0.2) is 0 Å². The molecule has 0 radical (unpaired) electrons. The van der Waals surface area contributed by atoms with Gasteiger partial charge in [-0.1, -0.05) is 6.07 Å². The highest BCUT2D eigenvalue weighted by molar-refractivity contribution is 5.72. The molecule has 0 atom stereocenters. The maximum absolute atomic E-state index is 10.5. The summed E-state index contributed by atoms with van der Waals surface area (Å²) in [5.41, 5.74) is 0. The Morgan fingerprint density at radius 1 is 1.32 bits per heavy atom. The quantitative estimate of drug-likeness (QED) is 0.831. The van der Waals surface area contributed by atoms with Gasteiger partial charge in [-0.05, 0) is 12.1 Å². The first kappa shape index (κ1) is 12.7. The minimum atomic E-state index is -0.946. The Kier molecular flexibility index (Phi) is 3.87. The fourth-order valence-corrected chi connectivity index (χ4v) is 1.46. The summed E-state index contributed by atoms with van der Waals surface area (Å²) in [5.74, 6) is 0.875. The number of rotatable bonds is 5. The van der Waals surface area contributed by atoms with Crippen molar-refractivity contribution >= 4 is 23.4 Å². The lowest BCUT2D eigenvalue weighted by atomic mass is 10.4. The highest BCUT2D eigenvalue weighted by Crippen LogP contribution is 2.19. The van der Waals surface area contributed by atoms with Crippen LogP contribution < -0.4 is 10.2 Å². The highest BCUT2D eigenvalue weighted by Gasteiger charge is 2.07. The summed E-state index contributed by atoms with van der Waals surface area (Å²) in [6, 6.07) is 7.23. The average molecular weight is 259 g/mol. The van der Waals surface area contributed by atoms with Crippen LogP contribution in [0.1, 0.15) is 0 Å². The van der Waals surface area contributed by atoms with E-state index in [1.165, 1.54) is 6.33 Å². The van der Waals surface area contributed by atoms with Crippen LogP contribution in [0.5, 0.6) is 0 Å². The maximum Gasteiger partial charge on any atom is 0.322 e. The van der Waals surface area contributed by atoms with Gasteiger partial charge in [0.25, 0.3) is 0 Å². The fraction of sp³-hybridized carbons (Fsp3) is 0.167. The fourth-order valence-electron chi connectivity index (χ4n) is 1.46. The molecule has 0 spiro atoms. The van der Waals surface area contributed by atoms with Crippen molar-refractivity contribution in [3.63, 3.8) is 0 Å². The number of hydrogen-bond donors (Lipinski definition) is 2. The number of carboxylic acids is 1. The molecule has 2 heterocycles. The molecule has 0 aliphatic rings. The van der Waals surface area contributed by atoms with Crippen molar-refractivity contribution in [2.75, 3.05) is 23.8 Å². The Labute approximate surface area is 110 Å². The summed E-state index contributed by atoms with van der Waals surface area (Å²) in [7, 11) is 1.83. The molecule has 0 fully saturated rings. The van der Waals surface area contributed by atoms with Crippen LogP contribution in [0.15, 0.2) is 36.8 Å². The van der Waals surface area contributed by atoms with E-state index >= 15 is 0 Å². The largest absolute Gasteiger partial charge is 0.480 e. The monoisotopic (exact) mass is 259 g/mol. The number of nitrogens with zero attached hydrogens (tertiary/aromatic N) is 4. The molecule has 0 aromatic carbocycles. The molecule has 19 heavy (non-hydrogen) atoms. The van der Waals surface area contributed by atoms with Crippen LogP contribution in [0.4, 0.5) is 17.5 Å². The van der Waals surface area contributed by atoms with Gasteiger partial charge < -0.3 is 15.3 Å². The average Bonchev–Trinajstić information content (AvgIpc) is 2.45. The Morgan fingerprint density at radius 3 is 2.84 bits per heavy atom. The molecule has 7 nitrogen and oxygen atoms in total. The SMILES string of the molecule is CN(c1ccccn1)c1cc(NCC(=O)O)ncn1. The first-order valence-electron chi connectivity index (χ1n) is 5.59. The number of aromatic nitrogens is 3. The van der Waals surface area contributed by atoms with Crippen LogP contribution in [0.2, 0.25) is 0 Å². The molecule has 2 aromatic rings. The van der Waals surface area contributed by atoms with Crippen molar-refractivity contribution < 1.29 is 9.90 Å².